The van der Waals surface area contributed by atoms with Crippen LogP contribution in [0.3, 0.4) is 0 Å². The molecule has 0 saturated carbocycles. The molecule has 1 amide bonds. The molecule has 0 bridgehead atoms. The van der Waals surface area contributed by atoms with E-state index in [1.54, 1.807) is 23.1 Å². The molecular formula is C27H22ClNO4. The van der Waals surface area contributed by atoms with Gasteiger partial charge >= 0.3 is 0 Å². The fourth-order valence-electron chi connectivity index (χ4n) is 4.31. The third-order valence-corrected chi connectivity index (χ3v) is 6.37. The van der Waals surface area contributed by atoms with Crippen LogP contribution in [0.5, 0.6) is 5.75 Å². The highest BCUT2D eigenvalue weighted by Gasteiger charge is 2.43. The molecule has 166 valence electrons. The molecule has 1 atom stereocenters. The highest BCUT2D eigenvalue weighted by atomic mass is 35.5. The molecule has 1 unspecified atom stereocenters. The molecule has 3 aromatic carbocycles. The lowest BCUT2D eigenvalue weighted by molar-refractivity contribution is 0.0971. The Balaban J connectivity index is 1.77. The molecule has 2 heterocycles. The largest absolute Gasteiger partial charge is 0.494 e. The Labute approximate surface area is 196 Å². The lowest BCUT2D eigenvalue weighted by atomic mass is 9.97. The van der Waals surface area contributed by atoms with Crippen LogP contribution in [0.15, 0.2) is 69.9 Å². The molecule has 4 aromatic rings. The minimum Gasteiger partial charge on any atom is -0.494 e. The lowest BCUT2D eigenvalue weighted by Gasteiger charge is -2.25. The minimum absolute atomic E-state index is 0.0620. The smallest absolute Gasteiger partial charge is 0.295 e. The van der Waals surface area contributed by atoms with Gasteiger partial charge in [0.2, 0.25) is 5.76 Å². The van der Waals surface area contributed by atoms with E-state index in [0.717, 1.165) is 22.4 Å². The Morgan fingerprint density at radius 3 is 2.45 bits per heavy atom. The summed E-state index contributed by atoms with van der Waals surface area (Å²) in [7, 11) is 0. The summed E-state index contributed by atoms with van der Waals surface area (Å²) in [5.74, 6) is 0.409. The van der Waals surface area contributed by atoms with Crippen molar-refractivity contribution in [2.45, 2.75) is 26.8 Å². The van der Waals surface area contributed by atoms with Crippen LogP contribution in [0.4, 0.5) is 5.69 Å². The van der Waals surface area contributed by atoms with Gasteiger partial charge in [0.05, 0.1) is 23.6 Å². The number of rotatable bonds is 4. The van der Waals surface area contributed by atoms with E-state index in [1.165, 1.54) is 0 Å². The average molecular weight is 460 g/mol. The van der Waals surface area contributed by atoms with Crippen LogP contribution in [0.2, 0.25) is 5.02 Å². The van der Waals surface area contributed by atoms with Crippen LogP contribution >= 0.6 is 11.6 Å². The van der Waals surface area contributed by atoms with E-state index in [9.17, 15) is 9.59 Å². The van der Waals surface area contributed by atoms with Crippen molar-refractivity contribution in [3.63, 3.8) is 0 Å². The molecule has 33 heavy (non-hydrogen) atoms. The summed E-state index contributed by atoms with van der Waals surface area (Å²) in [6, 6.07) is 17.6. The number of aryl methyl sites for hydroxylation is 2. The van der Waals surface area contributed by atoms with Crippen molar-refractivity contribution < 1.29 is 13.9 Å². The van der Waals surface area contributed by atoms with E-state index in [2.05, 4.69) is 0 Å². The first-order valence-electron chi connectivity index (χ1n) is 10.8. The van der Waals surface area contributed by atoms with Gasteiger partial charge in [0.15, 0.2) is 5.43 Å². The standard InChI is InChI=1S/C27H22ClNO4/c1-4-32-19-10-7-17(8-11-19)24-23-25(30)20-13-15(2)5-12-22(20)33-26(23)27(31)29(24)18-9-6-16(3)21(28)14-18/h5-14,24H,4H2,1-3H3. The third-order valence-electron chi connectivity index (χ3n) is 5.97. The number of fused-ring (bicyclic) bond motifs is 2. The highest BCUT2D eigenvalue weighted by molar-refractivity contribution is 6.31. The Kier molecular flexibility index (Phi) is 5.22. The number of hydrogen-bond donors (Lipinski definition) is 0. The van der Waals surface area contributed by atoms with Crippen LogP contribution in [0, 0.1) is 13.8 Å². The van der Waals surface area contributed by atoms with Gasteiger partial charge in [0.1, 0.15) is 11.3 Å². The Morgan fingerprint density at radius 2 is 1.76 bits per heavy atom. The second-order valence-electron chi connectivity index (χ2n) is 8.19. The maximum absolute atomic E-state index is 13.7. The molecule has 1 aliphatic heterocycles. The van der Waals surface area contributed by atoms with Crippen molar-refractivity contribution in [2.24, 2.45) is 0 Å². The van der Waals surface area contributed by atoms with Crippen molar-refractivity contribution in [3.05, 3.63) is 104 Å². The molecular weight excluding hydrogens is 438 g/mol. The van der Waals surface area contributed by atoms with Gasteiger partial charge in [-0.2, -0.15) is 0 Å². The van der Waals surface area contributed by atoms with E-state index >= 15 is 0 Å². The van der Waals surface area contributed by atoms with Gasteiger partial charge in [-0.25, -0.2) is 0 Å². The molecule has 0 aliphatic carbocycles. The maximum atomic E-state index is 13.7. The summed E-state index contributed by atoms with van der Waals surface area (Å²) in [6.07, 6.45) is 0. The first-order chi connectivity index (χ1) is 15.9. The highest BCUT2D eigenvalue weighted by Crippen LogP contribution is 2.42. The van der Waals surface area contributed by atoms with Crippen molar-refractivity contribution in [1.29, 1.82) is 0 Å². The number of benzene rings is 3. The van der Waals surface area contributed by atoms with E-state index in [1.807, 2.05) is 63.2 Å². The second-order valence-corrected chi connectivity index (χ2v) is 8.59. The molecule has 0 radical (unpaired) electrons. The van der Waals surface area contributed by atoms with Crippen molar-refractivity contribution in [3.8, 4) is 5.75 Å². The topological polar surface area (TPSA) is 59.8 Å². The fraction of sp³-hybridized carbons (Fsp3) is 0.185. The van der Waals surface area contributed by atoms with Crippen molar-refractivity contribution in [1.82, 2.24) is 0 Å². The van der Waals surface area contributed by atoms with Crippen LogP contribution in [-0.2, 0) is 0 Å². The zero-order valence-electron chi connectivity index (χ0n) is 18.5. The summed E-state index contributed by atoms with van der Waals surface area (Å²) in [4.78, 5) is 28.9. The maximum Gasteiger partial charge on any atom is 0.295 e. The van der Waals surface area contributed by atoms with Crippen molar-refractivity contribution >= 4 is 34.2 Å². The summed E-state index contributed by atoms with van der Waals surface area (Å²) in [5, 5.41) is 1.00. The van der Waals surface area contributed by atoms with E-state index < -0.39 is 6.04 Å². The number of anilines is 1. The first kappa shape index (κ1) is 21.3. The average Bonchev–Trinajstić information content (AvgIpc) is 3.09. The molecule has 1 aliphatic rings. The zero-order chi connectivity index (χ0) is 23.3. The molecule has 0 fully saturated rings. The summed E-state index contributed by atoms with van der Waals surface area (Å²) < 4.78 is 11.6. The number of halogens is 1. The van der Waals surface area contributed by atoms with Crippen LogP contribution in [0.25, 0.3) is 11.0 Å². The number of amides is 1. The summed E-state index contributed by atoms with van der Waals surface area (Å²) >= 11 is 6.39. The second kappa shape index (κ2) is 8.09. The van der Waals surface area contributed by atoms with Crippen LogP contribution in [-0.4, -0.2) is 12.5 Å². The molecule has 5 nitrogen and oxygen atoms in total. The normalized spacial score (nSPS) is 15.2. The van der Waals surface area contributed by atoms with Gasteiger partial charge in [-0.05, 0) is 68.3 Å². The van der Waals surface area contributed by atoms with Gasteiger partial charge < -0.3 is 9.15 Å². The Morgan fingerprint density at radius 1 is 1.00 bits per heavy atom. The molecule has 0 saturated heterocycles. The first-order valence-corrected chi connectivity index (χ1v) is 11.2. The summed E-state index contributed by atoms with van der Waals surface area (Å²) in [6.45, 7) is 6.28. The summed E-state index contributed by atoms with van der Waals surface area (Å²) in [5.41, 5.74) is 3.74. The SMILES string of the molecule is CCOc1ccc(C2c3c(oc4ccc(C)cc4c3=O)C(=O)N2c2ccc(C)c(Cl)c2)cc1. The quantitative estimate of drug-likeness (QED) is 0.364. The van der Waals surface area contributed by atoms with Gasteiger partial charge in [-0.15, -0.1) is 0 Å². The van der Waals surface area contributed by atoms with Gasteiger partial charge in [-0.3, -0.25) is 14.5 Å². The van der Waals surface area contributed by atoms with E-state index in [0.29, 0.717) is 33.8 Å². The van der Waals surface area contributed by atoms with Crippen LogP contribution in [0.1, 0.15) is 45.8 Å². The number of nitrogens with zero attached hydrogens (tertiary/aromatic N) is 1. The van der Waals surface area contributed by atoms with E-state index in [4.69, 9.17) is 20.8 Å². The molecule has 5 rings (SSSR count). The lowest BCUT2D eigenvalue weighted by Crippen LogP contribution is -2.29. The predicted molar refractivity (Wildman–Crippen MR) is 130 cm³/mol. The fourth-order valence-corrected chi connectivity index (χ4v) is 4.49. The van der Waals surface area contributed by atoms with Crippen molar-refractivity contribution in [2.75, 3.05) is 11.5 Å². The number of ether oxygens (including phenoxy) is 1. The molecule has 6 heteroatoms. The van der Waals surface area contributed by atoms with Gasteiger partial charge in [0, 0.05) is 10.7 Å². The monoisotopic (exact) mass is 459 g/mol. The van der Waals surface area contributed by atoms with E-state index in [-0.39, 0.29) is 17.1 Å². The number of hydrogen-bond acceptors (Lipinski definition) is 4. The van der Waals surface area contributed by atoms with Crippen LogP contribution < -0.4 is 15.1 Å². The third kappa shape index (κ3) is 3.49. The zero-order valence-corrected chi connectivity index (χ0v) is 19.3. The molecule has 1 aromatic heterocycles. The number of carbonyl (C=O) groups is 1. The Hall–Kier alpha value is -3.57. The van der Waals surface area contributed by atoms with Gasteiger partial charge in [-0.1, -0.05) is 41.4 Å². The Bertz CT molecular complexity index is 1460. The molecule has 0 N–H and O–H groups in total. The van der Waals surface area contributed by atoms with Gasteiger partial charge in [0.25, 0.3) is 5.91 Å². The predicted octanol–water partition coefficient (Wildman–Crippen LogP) is 6.21. The molecule has 0 spiro atoms. The number of carbonyl (C=O) groups excluding carboxylic acids is 1. The minimum atomic E-state index is -0.650.